The predicted octanol–water partition coefficient (Wildman–Crippen LogP) is 3.80. The second-order valence-electron chi connectivity index (χ2n) is 5.20. The quantitative estimate of drug-likeness (QED) is 0.753. The fourth-order valence-corrected chi connectivity index (χ4v) is 2.96. The minimum Gasteiger partial charge on any atom is -0.326 e. The number of aromatic nitrogens is 3. The van der Waals surface area contributed by atoms with E-state index in [4.69, 9.17) is 11.6 Å². The Balaban J connectivity index is 1.58. The molecule has 122 valence electrons. The third kappa shape index (κ3) is 4.37. The maximum absolute atomic E-state index is 12.1. The van der Waals surface area contributed by atoms with Crippen LogP contribution in [-0.2, 0) is 18.3 Å². The lowest BCUT2D eigenvalue weighted by atomic mass is 10.1. The number of hydrogen-bond donors (Lipinski definition) is 1. The van der Waals surface area contributed by atoms with Crippen molar-refractivity contribution in [1.82, 2.24) is 14.8 Å². The van der Waals surface area contributed by atoms with E-state index in [0.717, 1.165) is 21.3 Å². The Hall–Kier alpha value is -2.31. The highest BCUT2D eigenvalue weighted by molar-refractivity contribution is 7.99. The van der Waals surface area contributed by atoms with Crippen LogP contribution in [0.15, 0.2) is 64.9 Å². The number of benzene rings is 2. The number of halogens is 1. The maximum atomic E-state index is 12.1. The minimum absolute atomic E-state index is 0.0639. The Morgan fingerprint density at radius 1 is 1.17 bits per heavy atom. The molecular formula is C17H15ClN4OS. The molecule has 2 aromatic carbocycles. The number of aryl methyl sites for hydroxylation is 1. The molecule has 1 N–H and O–H groups in total. The van der Waals surface area contributed by atoms with E-state index < -0.39 is 0 Å². The zero-order valence-electron chi connectivity index (χ0n) is 12.9. The van der Waals surface area contributed by atoms with Crippen LogP contribution in [0.2, 0.25) is 5.02 Å². The van der Waals surface area contributed by atoms with Gasteiger partial charge in [0.2, 0.25) is 5.91 Å². The van der Waals surface area contributed by atoms with Crippen molar-refractivity contribution in [3.63, 3.8) is 0 Å². The number of amides is 1. The standard InChI is InChI=1S/C17H15ClN4OS/c1-22-11-19-21-17(22)24-15-8-6-14(7-9-15)20-16(23)10-12-2-4-13(18)5-3-12/h2-9,11H,10H2,1H3,(H,20,23). The van der Waals surface area contributed by atoms with Crippen LogP contribution in [0.1, 0.15) is 5.56 Å². The number of nitrogens with one attached hydrogen (secondary N) is 1. The molecule has 5 nitrogen and oxygen atoms in total. The van der Waals surface area contributed by atoms with E-state index in [0.29, 0.717) is 11.4 Å². The molecule has 0 saturated heterocycles. The third-order valence-corrected chi connectivity index (χ3v) is 4.61. The highest BCUT2D eigenvalue weighted by atomic mass is 35.5. The third-order valence-electron chi connectivity index (χ3n) is 3.30. The van der Waals surface area contributed by atoms with Gasteiger partial charge in [-0.1, -0.05) is 23.7 Å². The molecule has 3 aromatic rings. The molecule has 0 atom stereocenters. The van der Waals surface area contributed by atoms with Gasteiger partial charge in [0, 0.05) is 22.7 Å². The first-order valence-corrected chi connectivity index (χ1v) is 8.46. The molecule has 24 heavy (non-hydrogen) atoms. The van der Waals surface area contributed by atoms with Gasteiger partial charge in [0.1, 0.15) is 6.33 Å². The molecule has 0 bridgehead atoms. The van der Waals surface area contributed by atoms with Crippen molar-refractivity contribution in [2.75, 3.05) is 5.32 Å². The summed E-state index contributed by atoms with van der Waals surface area (Å²) in [4.78, 5) is 13.1. The minimum atomic E-state index is -0.0639. The van der Waals surface area contributed by atoms with Gasteiger partial charge in [-0.25, -0.2) is 0 Å². The second kappa shape index (κ2) is 7.51. The van der Waals surface area contributed by atoms with Crippen molar-refractivity contribution >= 4 is 35.0 Å². The number of anilines is 1. The summed E-state index contributed by atoms with van der Waals surface area (Å²) in [7, 11) is 1.90. The van der Waals surface area contributed by atoms with Gasteiger partial charge >= 0.3 is 0 Å². The highest BCUT2D eigenvalue weighted by Gasteiger charge is 2.06. The molecule has 0 saturated carbocycles. The number of nitrogens with zero attached hydrogens (tertiary/aromatic N) is 3. The highest BCUT2D eigenvalue weighted by Crippen LogP contribution is 2.26. The summed E-state index contributed by atoms with van der Waals surface area (Å²) in [6.45, 7) is 0. The van der Waals surface area contributed by atoms with E-state index in [-0.39, 0.29) is 5.91 Å². The first-order chi connectivity index (χ1) is 11.6. The Labute approximate surface area is 149 Å². The van der Waals surface area contributed by atoms with Crippen molar-refractivity contribution in [2.24, 2.45) is 7.05 Å². The van der Waals surface area contributed by atoms with Gasteiger partial charge in [0.05, 0.1) is 6.42 Å². The second-order valence-corrected chi connectivity index (χ2v) is 6.68. The molecule has 0 aliphatic rings. The van der Waals surface area contributed by atoms with E-state index in [9.17, 15) is 4.79 Å². The molecule has 0 spiro atoms. The summed E-state index contributed by atoms with van der Waals surface area (Å²) in [6, 6.07) is 14.9. The lowest BCUT2D eigenvalue weighted by molar-refractivity contribution is -0.115. The molecule has 0 aliphatic carbocycles. The SMILES string of the molecule is Cn1cnnc1Sc1ccc(NC(=O)Cc2ccc(Cl)cc2)cc1. The van der Waals surface area contributed by atoms with E-state index in [2.05, 4.69) is 15.5 Å². The van der Waals surface area contributed by atoms with Crippen LogP contribution >= 0.6 is 23.4 Å². The molecule has 3 rings (SSSR count). The summed E-state index contributed by atoms with van der Waals surface area (Å²) in [5, 5.41) is 12.2. The lowest BCUT2D eigenvalue weighted by Gasteiger charge is -2.07. The molecule has 0 aliphatic heterocycles. The van der Waals surface area contributed by atoms with Crippen LogP contribution in [0.5, 0.6) is 0 Å². The first-order valence-electron chi connectivity index (χ1n) is 7.26. The average Bonchev–Trinajstić information content (AvgIpc) is 2.96. The average molecular weight is 359 g/mol. The van der Waals surface area contributed by atoms with Crippen molar-refractivity contribution in [3.8, 4) is 0 Å². The van der Waals surface area contributed by atoms with Crippen LogP contribution in [0, 0.1) is 0 Å². The monoisotopic (exact) mass is 358 g/mol. The zero-order valence-corrected chi connectivity index (χ0v) is 14.5. The Morgan fingerprint density at radius 3 is 2.50 bits per heavy atom. The number of carbonyl (C=O) groups is 1. The van der Waals surface area contributed by atoms with Gasteiger partial charge in [-0.05, 0) is 53.7 Å². The summed E-state index contributed by atoms with van der Waals surface area (Å²) >= 11 is 7.36. The molecule has 0 unspecified atom stereocenters. The topological polar surface area (TPSA) is 59.8 Å². The fourth-order valence-electron chi connectivity index (χ4n) is 2.07. The summed E-state index contributed by atoms with van der Waals surface area (Å²) < 4.78 is 1.85. The van der Waals surface area contributed by atoms with Gasteiger partial charge in [-0.2, -0.15) is 0 Å². The predicted molar refractivity (Wildman–Crippen MR) is 95.4 cm³/mol. The van der Waals surface area contributed by atoms with Crippen molar-refractivity contribution in [3.05, 3.63) is 65.4 Å². The summed E-state index contributed by atoms with van der Waals surface area (Å²) in [5.74, 6) is -0.0639. The van der Waals surface area contributed by atoms with Gasteiger partial charge in [0.25, 0.3) is 0 Å². The molecule has 1 heterocycles. The van der Waals surface area contributed by atoms with Crippen LogP contribution < -0.4 is 5.32 Å². The van der Waals surface area contributed by atoms with Gasteiger partial charge in [-0.3, -0.25) is 4.79 Å². The van der Waals surface area contributed by atoms with Crippen LogP contribution in [-0.4, -0.2) is 20.7 Å². The first kappa shape index (κ1) is 16.5. The Kier molecular flexibility index (Phi) is 5.17. The molecular weight excluding hydrogens is 344 g/mol. The molecule has 1 amide bonds. The molecule has 0 fully saturated rings. The molecule has 7 heteroatoms. The fraction of sp³-hybridized carbons (Fsp3) is 0.118. The number of carbonyl (C=O) groups excluding carboxylic acids is 1. The number of hydrogen-bond acceptors (Lipinski definition) is 4. The Bertz CT molecular complexity index is 831. The smallest absolute Gasteiger partial charge is 0.228 e. The van der Waals surface area contributed by atoms with Crippen LogP contribution in [0.4, 0.5) is 5.69 Å². The van der Waals surface area contributed by atoms with Crippen molar-refractivity contribution < 1.29 is 4.79 Å². The van der Waals surface area contributed by atoms with Crippen molar-refractivity contribution in [2.45, 2.75) is 16.5 Å². The molecule has 0 radical (unpaired) electrons. The Morgan fingerprint density at radius 2 is 1.88 bits per heavy atom. The molecule has 1 aromatic heterocycles. The maximum Gasteiger partial charge on any atom is 0.228 e. The van der Waals surface area contributed by atoms with E-state index in [1.807, 2.05) is 48.0 Å². The van der Waals surface area contributed by atoms with Crippen molar-refractivity contribution in [1.29, 1.82) is 0 Å². The van der Waals surface area contributed by atoms with Gasteiger partial charge in [0.15, 0.2) is 5.16 Å². The number of rotatable bonds is 5. The zero-order chi connectivity index (χ0) is 16.9. The normalized spacial score (nSPS) is 10.6. The van der Waals surface area contributed by atoms with Gasteiger partial charge in [-0.15, -0.1) is 10.2 Å². The van der Waals surface area contributed by atoms with E-state index >= 15 is 0 Å². The van der Waals surface area contributed by atoms with Crippen LogP contribution in [0.25, 0.3) is 0 Å². The summed E-state index contributed by atoms with van der Waals surface area (Å²) in [6.07, 6.45) is 1.97. The van der Waals surface area contributed by atoms with E-state index in [1.54, 1.807) is 18.5 Å². The lowest BCUT2D eigenvalue weighted by Crippen LogP contribution is -2.14. The van der Waals surface area contributed by atoms with Gasteiger partial charge < -0.3 is 9.88 Å². The summed E-state index contributed by atoms with van der Waals surface area (Å²) in [5.41, 5.74) is 1.68. The largest absolute Gasteiger partial charge is 0.326 e. The van der Waals surface area contributed by atoms with E-state index in [1.165, 1.54) is 11.8 Å². The van der Waals surface area contributed by atoms with Crippen LogP contribution in [0.3, 0.4) is 0 Å².